The number of nitrogens with zero attached hydrogens (tertiary/aromatic N) is 4. The van der Waals surface area contributed by atoms with Gasteiger partial charge >= 0.3 is 0 Å². The molecule has 188 valence electrons. The Hall–Kier alpha value is -3.35. The number of morpholine rings is 1. The maximum atomic E-state index is 12.7. The summed E-state index contributed by atoms with van der Waals surface area (Å²) in [4.78, 5) is 24.4. The van der Waals surface area contributed by atoms with E-state index < -0.39 is 0 Å². The maximum absolute atomic E-state index is 12.7. The second kappa shape index (κ2) is 11.1. The van der Waals surface area contributed by atoms with Crippen LogP contribution in [0.5, 0.6) is 0 Å². The van der Waals surface area contributed by atoms with Crippen LogP contribution in [0.25, 0.3) is 17.0 Å². The van der Waals surface area contributed by atoms with Gasteiger partial charge in [-0.15, -0.1) is 11.3 Å². The number of benzene rings is 1. The molecule has 3 aromatic heterocycles. The number of carbonyl (C=O) groups excluding carboxylic acids is 1. The van der Waals surface area contributed by atoms with Gasteiger partial charge in [0.05, 0.1) is 24.6 Å². The molecule has 1 amide bonds. The monoisotopic (exact) mass is 507 g/mol. The van der Waals surface area contributed by atoms with E-state index in [0.717, 1.165) is 66.3 Å². The predicted octanol–water partition coefficient (Wildman–Crippen LogP) is 3.05. The van der Waals surface area contributed by atoms with Gasteiger partial charge in [0.2, 0.25) is 0 Å². The number of ether oxygens (including phenoxy) is 1. The first-order valence-corrected chi connectivity index (χ1v) is 12.7. The number of carbonyl (C=O) groups is 1. The SMILES string of the molecule is Cc1nc2cc(C(=O)NCCN3CCOCC3)ccn2c1-c1csc(Nc2ccc(CNO)cc2)n1. The molecule has 0 unspecified atom stereocenters. The quantitative estimate of drug-likeness (QED) is 0.256. The largest absolute Gasteiger partial charge is 0.379 e. The lowest BCUT2D eigenvalue weighted by atomic mass is 10.2. The molecular formula is C25H29N7O3S. The summed E-state index contributed by atoms with van der Waals surface area (Å²) in [6.45, 7) is 7.06. The average Bonchev–Trinajstić information content (AvgIpc) is 3.48. The number of anilines is 2. The maximum Gasteiger partial charge on any atom is 0.251 e. The Bertz CT molecular complexity index is 1330. The number of hydrogen-bond acceptors (Lipinski definition) is 9. The lowest BCUT2D eigenvalue weighted by molar-refractivity contribution is 0.0383. The fourth-order valence-electron chi connectivity index (χ4n) is 4.23. The molecule has 11 heteroatoms. The number of fused-ring (bicyclic) bond motifs is 1. The summed E-state index contributed by atoms with van der Waals surface area (Å²) >= 11 is 1.51. The highest BCUT2D eigenvalue weighted by atomic mass is 32.1. The molecular weight excluding hydrogens is 478 g/mol. The Morgan fingerprint density at radius 2 is 1.97 bits per heavy atom. The van der Waals surface area contributed by atoms with Crippen molar-refractivity contribution in [3.63, 3.8) is 0 Å². The van der Waals surface area contributed by atoms with Crippen LogP contribution in [0.3, 0.4) is 0 Å². The van der Waals surface area contributed by atoms with Crippen molar-refractivity contribution in [3.05, 3.63) is 64.8 Å². The van der Waals surface area contributed by atoms with Gasteiger partial charge in [0.25, 0.3) is 5.91 Å². The van der Waals surface area contributed by atoms with E-state index in [4.69, 9.17) is 14.9 Å². The lowest BCUT2D eigenvalue weighted by Crippen LogP contribution is -2.41. The highest BCUT2D eigenvalue weighted by Gasteiger charge is 2.17. The number of pyridine rings is 1. The molecule has 4 N–H and O–H groups in total. The van der Waals surface area contributed by atoms with Gasteiger partial charge in [-0.25, -0.2) is 15.4 Å². The Morgan fingerprint density at radius 1 is 1.17 bits per heavy atom. The number of hydroxylamine groups is 1. The third kappa shape index (κ3) is 5.55. The molecule has 0 saturated carbocycles. The van der Waals surface area contributed by atoms with Crippen LogP contribution in [0.1, 0.15) is 21.6 Å². The molecule has 4 aromatic rings. The van der Waals surface area contributed by atoms with Gasteiger partial charge in [-0.3, -0.25) is 14.1 Å². The zero-order valence-corrected chi connectivity index (χ0v) is 20.8. The molecule has 4 heterocycles. The molecule has 0 aliphatic carbocycles. The van der Waals surface area contributed by atoms with Crippen LogP contribution >= 0.6 is 11.3 Å². The fraction of sp³-hybridized carbons (Fsp3) is 0.320. The number of rotatable bonds is 9. The van der Waals surface area contributed by atoms with Gasteiger partial charge in [-0.05, 0) is 36.8 Å². The average molecular weight is 508 g/mol. The number of nitrogens with one attached hydrogen (secondary N) is 3. The van der Waals surface area contributed by atoms with Gasteiger partial charge < -0.3 is 20.6 Å². The molecule has 0 atom stereocenters. The van der Waals surface area contributed by atoms with Crippen molar-refractivity contribution in [2.75, 3.05) is 44.7 Å². The van der Waals surface area contributed by atoms with E-state index in [1.54, 1.807) is 0 Å². The first-order chi connectivity index (χ1) is 17.6. The molecule has 36 heavy (non-hydrogen) atoms. The van der Waals surface area contributed by atoms with Crippen LogP contribution in [-0.2, 0) is 11.3 Å². The highest BCUT2D eigenvalue weighted by molar-refractivity contribution is 7.14. The van der Waals surface area contributed by atoms with Crippen molar-refractivity contribution in [1.29, 1.82) is 0 Å². The Kier molecular flexibility index (Phi) is 7.54. The molecule has 1 saturated heterocycles. The summed E-state index contributed by atoms with van der Waals surface area (Å²) < 4.78 is 7.33. The van der Waals surface area contributed by atoms with E-state index in [1.165, 1.54) is 11.3 Å². The van der Waals surface area contributed by atoms with E-state index >= 15 is 0 Å². The van der Waals surface area contributed by atoms with Crippen molar-refractivity contribution >= 4 is 33.7 Å². The molecule has 10 nitrogen and oxygen atoms in total. The van der Waals surface area contributed by atoms with Crippen LogP contribution in [0, 0.1) is 6.92 Å². The van der Waals surface area contributed by atoms with Crippen LogP contribution in [0.4, 0.5) is 10.8 Å². The summed E-state index contributed by atoms with van der Waals surface area (Å²) in [5.74, 6) is -0.103. The molecule has 0 spiro atoms. The number of hydrogen-bond donors (Lipinski definition) is 4. The van der Waals surface area contributed by atoms with Gasteiger partial charge in [-0.1, -0.05) is 12.1 Å². The highest BCUT2D eigenvalue weighted by Crippen LogP contribution is 2.30. The molecule has 5 rings (SSSR count). The van der Waals surface area contributed by atoms with Crippen molar-refractivity contribution in [1.82, 2.24) is 30.1 Å². The Balaban J connectivity index is 1.26. The molecule has 1 fully saturated rings. The van der Waals surface area contributed by atoms with Crippen LogP contribution in [-0.4, -0.2) is 69.8 Å². The van der Waals surface area contributed by atoms with Crippen molar-refractivity contribution in [2.45, 2.75) is 13.5 Å². The lowest BCUT2D eigenvalue weighted by Gasteiger charge is -2.26. The standard InChI is InChI=1S/C25H29N7O3S/c1-17-23(21-16-36-25(30-21)29-20-4-2-18(3-5-20)15-27-34)32-8-6-19(14-22(32)28-17)24(33)26-7-9-31-10-12-35-13-11-31/h2-6,8,14,16,27,34H,7,9-13,15H2,1H3,(H,26,33)(H,29,30). The third-order valence-corrected chi connectivity index (χ3v) is 6.87. The minimum atomic E-state index is -0.103. The summed E-state index contributed by atoms with van der Waals surface area (Å²) in [5, 5.41) is 17.9. The number of imidazole rings is 1. The van der Waals surface area contributed by atoms with Crippen molar-refractivity contribution in [3.8, 4) is 11.4 Å². The molecule has 1 aromatic carbocycles. The molecule has 0 bridgehead atoms. The van der Waals surface area contributed by atoms with E-state index in [2.05, 4.69) is 26.0 Å². The summed E-state index contributed by atoms with van der Waals surface area (Å²) in [6.07, 6.45) is 1.88. The van der Waals surface area contributed by atoms with Crippen molar-refractivity contribution in [2.24, 2.45) is 0 Å². The van der Waals surface area contributed by atoms with Crippen molar-refractivity contribution < 1.29 is 14.7 Å². The Labute approximate surface area is 212 Å². The van der Waals surface area contributed by atoms with E-state index in [0.29, 0.717) is 24.3 Å². The first-order valence-electron chi connectivity index (χ1n) is 11.9. The van der Waals surface area contributed by atoms with Crippen LogP contribution in [0.2, 0.25) is 0 Å². The van der Waals surface area contributed by atoms with Gasteiger partial charge in [-0.2, -0.15) is 0 Å². The minimum Gasteiger partial charge on any atom is -0.379 e. The first kappa shape index (κ1) is 24.3. The molecule has 0 radical (unpaired) electrons. The fourth-order valence-corrected chi connectivity index (χ4v) is 4.94. The van der Waals surface area contributed by atoms with E-state index in [9.17, 15) is 4.79 Å². The second-order valence-corrected chi connectivity index (χ2v) is 9.45. The van der Waals surface area contributed by atoms with Crippen LogP contribution in [0.15, 0.2) is 48.0 Å². The van der Waals surface area contributed by atoms with E-state index in [-0.39, 0.29) is 5.91 Å². The smallest absolute Gasteiger partial charge is 0.251 e. The molecule has 1 aliphatic rings. The summed E-state index contributed by atoms with van der Waals surface area (Å²) in [7, 11) is 0. The molecule has 1 aliphatic heterocycles. The zero-order chi connectivity index (χ0) is 24.9. The van der Waals surface area contributed by atoms with Gasteiger partial charge in [0.1, 0.15) is 11.3 Å². The van der Waals surface area contributed by atoms with Gasteiger partial charge in [0, 0.05) is 55.6 Å². The number of aromatic nitrogens is 3. The predicted molar refractivity (Wildman–Crippen MR) is 139 cm³/mol. The topological polar surface area (TPSA) is 116 Å². The number of amides is 1. The zero-order valence-electron chi connectivity index (χ0n) is 20.0. The summed E-state index contributed by atoms with van der Waals surface area (Å²) in [6, 6.07) is 11.4. The second-order valence-electron chi connectivity index (χ2n) is 8.59. The number of aryl methyl sites for hydroxylation is 1. The number of thiazole rings is 1. The third-order valence-electron chi connectivity index (χ3n) is 6.12. The normalized spacial score (nSPS) is 14.3. The van der Waals surface area contributed by atoms with E-state index in [1.807, 2.05) is 59.3 Å². The minimum absolute atomic E-state index is 0.103. The Morgan fingerprint density at radius 3 is 2.75 bits per heavy atom. The van der Waals surface area contributed by atoms with Gasteiger partial charge in [0.15, 0.2) is 5.13 Å². The van der Waals surface area contributed by atoms with Crippen LogP contribution < -0.4 is 16.1 Å². The summed E-state index contributed by atoms with van der Waals surface area (Å²) in [5.41, 5.74) is 7.90.